The Hall–Kier alpha value is -2.22. The maximum Gasteiger partial charge on any atom is 0.414 e. The number of likely N-dealkylation sites (tertiary alicyclic amines) is 1. The van der Waals surface area contributed by atoms with Crippen LogP contribution in [-0.2, 0) is 9.53 Å². The van der Waals surface area contributed by atoms with Crippen LogP contribution in [0.3, 0.4) is 0 Å². The Morgan fingerprint density at radius 3 is 2.50 bits per heavy atom. The molecule has 2 aliphatic rings. The summed E-state index contributed by atoms with van der Waals surface area (Å²) in [5.74, 6) is -3.68. The number of anilines is 1. The van der Waals surface area contributed by atoms with Crippen LogP contribution >= 0.6 is 0 Å². The van der Waals surface area contributed by atoms with E-state index in [0.29, 0.717) is 5.69 Å². The number of rotatable bonds is 4. The van der Waals surface area contributed by atoms with Crippen LogP contribution in [0.2, 0.25) is 0 Å². The minimum Gasteiger partial charge on any atom is -0.441 e. The van der Waals surface area contributed by atoms with Crippen molar-refractivity contribution in [1.29, 1.82) is 0 Å². The molecular weight excluding hydrogens is 320 g/mol. The van der Waals surface area contributed by atoms with Gasteiger partial charge in [0.2, 0.25) is 5.91 Å². The zero-order chi connectivity index (χ0) is 17.7. The molecule has 130 valence electrons. The van der Waals surface area contributed by atoms with Gasteiger partial charge in [-0.05, 0) is 26.0 Å². The molecule has 2 fully saturated rings. The van der Waals surface area contributed by atoms with Crippen molar-refractivity contribution in [1.82, 2.24) is 4.90 Å². The first-order chi connectivity index (χ1) is 11.2. The number of para-hydroxylation sites is 1. The summed E-state index contributed by atoms with van der Waals surface area (Å²) in [5.41, 5.74) is 4.62. The number of cyclic esters (lactones) is 1. The third-order valence-electron chi connectivity index (χ3n) is 5.06. The molecule has 0 saturated carbocycles. The smallest absolute Gasteiger partial charge is 0.414 e. The topological polar surface area (TPSA) is 75.9 Å². The third kappa shape index (κ3) is 2.32. The second-order valence-corrected chi connectivity index (χ2v) is 6.40. The maximum atomic E-state index is 13.6. The summed E-state index contributed by atoms with van der Waals surface area (Å²) >= 11 is 0. The van der Waals surface area contributed by atoms with Gasteiger partial charge in [-0.3, -0.25) is 14.6 Å². The van der Waals surface area contributed by atoms with Crippen LogP contribution in [0.25, 0.3) is 0 Å². The number of hydrogen-bond donors (Lipinski definition) is 1. The Morgan fingerprint density at radius 1 is 1.38 bits per heavy atom. The highest BCUT2D eigenvalue weighted by Gasteiger charge is 2.63. The summed E-state index contributed by atoms with van der Waals surface area (Å²) in [5, 5.41) is 0. The molecule has 1 aromatic carbocycles. The highest BCUT2D eigenvalue weighted by atomic mass is 19.3. The average Bonchev–Trinajstić information content (AvgIpc) is 2.94. The lowest BCUT2D eigenvalue weighted by Gasteiger charge is -2.54. The first-order valence-electron chi connectivity index (χ1n) is 7.65. The van der Waals surface area contributed by atoms with Gasteiger partial charge in [0, 0.05) is 5.69 Å². The Balaban J connectivity index is 1.86. The molecule has 0 bridgehead atoms. The number of ether oxygens (including phenoxy) is 1. The summed E-state index contributed by atoms with van der Waals surface area (Å²) in [6.07, 6.45) is -1.56. The molecule has 2 aliphatic heterocycles. The number of benzene rings is 1. The van der Waals surface area contributed by atoms with Crippen molar-refractivity contribution in [2.75, 3.05) is 18.0 Å². The summed E-state index contributed by atoms with van der Waals surface area (Å²) in [6, 6.07) is 7.64. The van der Waals surface area contributed by atoms with Gasteiger partial charge in [-0.15, -0.1) is 0 Å². The molecule has 0 aromatic heterocycles. The number of nitrogens with two attached hydrogens (primary N) is 1. The van der Waals surface area contributed by atoms with E-state index < -0.39 is 42.2 Å². The SMILES string of the molecule is CC1N([C@@](C)(C(N)=O)C2CN(c3ccccc3)C(=O)O2)CC1(F)F. The van der Waals surface area contributed by atoms with Crippen molar-refractivity contribution < 1.29 is 23.1 Å². The predicted molar refractivity (Wildman–Crippen MR) is 82.8 cm³/mol. The van der Waals surface area contributed by atoms with Crippen LogP contribution in [0.4, 0.5) is 19.3 Å². The molecule has 3 rings (SSSR count). The highest BCUT2D eigenvalue weighted by Crippen LogP contribution is 2.42. The molecule has 0 spiro atoms. The lowest BCUT2D eigenvalue weighted by atomic mass is 9.83. The Kier molecular flexibility index (Phi) is 3.75. The average molecular weight is 339 g/mol. The fourth-order valence-electron chi connectivity index (χ4n) is 3.24. The van der Waals surface area contributed by atoms with Gasteiger partial charge in [-0.1, -0.05) is 18.2 Å². The third-order valence-corrected chi connectivity index (χ3v) is 5.06. The van der Waals surface area contributed by atoms with Crippen LogP contribution in [0, 0.1) is 0 Å². The number of halogens is 2. The van der Waals surface area contributed by atoms with Gasteiger partial charge < -0.3 is 10.5 Å². The summed E-state index contributed by atoms with van der Waals surface area (Å²) < 4.78 is 32.5. The zero-order valence-corrected chi connectivity index (χ0v) is 13.4. The number of alkyl halides is 2. The first kappa shape index (κ1) is 16.6. The van der Waals surface area contributed by atoms with E-state index in [1.807, 2.05) is 0 Å². The number of nitrogens with zero attached hydrogens (tertiary/aromatic N) is 2. The Labute approximate surface area is 138 Å². The van der Waals surface area contributed by atoms with Crippen LogP contribution in [0.15, 0.2) is 30.3 Å². The van der Waals surface area contributed by atoms with Crippen molar-refractivity contribution >= 4 is 17.7 Å². The van der Waals surface area contributed by atoms with Crippen LogP contribution < -0.4 is 10.6 Å². The molecule has 2 unspecified atom stereocenters. The van der Waals surface area contributed by atoms with E-state index in [4.69, 9.17) is 10.5 Å². The lowest BCUT2D eigenvalue weighted by Crippen LogP contribution is -2.76. The van der Waals surface area contributed by atoms with Gasteiger partial charge in [0.15, 0.2) is 0 Å². The van der Waals surface area contributed by atoms with E-state index in [1.165, 1.54) is 23.6 Å². The normalized spacial score (nSPS) is 28.8. The Morgan fingerprint density at radius 2 is 2.00 bits per heavy atom. The van der Waals surface area contributed by atoms with Crippen LogP contribution in [-0.4, -0.2) is 53.6 Å². The monoisotopic (exact) mass is 339 g/mol. The second-order valence-electron chi connectivity index (χ2n) is 6.40. The highest BCUT2D eigenvalue weighted by molar-refractivity contribution is 5.92. The molecule has 1 aromatic rings. The Bertz CT molecular complexity index is 670. The predicted octanol–water partition coefficient (Wildman–Crippen LogP) is 1.60. The molecule has 0 aliphatic carbocycles. The summed E-state index contributed by atoms with van der Waals surface area (Å²) in [4.78, 5) is 26.9. The van der Waals surface area contributed by atoms with E-state index in [-0.39, 0.29) is 6.54 Å². The van der Waals surface area contributed by atoms with Gasteiger partial charge in [0.05, 0.1) is 19.1 Å². The molecule has 0 radical (unpaired) electrons. The fraction of sp³-hybridized carbons (Fsp3) is 0.500. The van der Waals surface area contributed by atoms with E-state index in [1.54, 1.807) is 30.3 Å². The van der Waals surface area contributed by atoms with E-state index >= 15 is 0 Å². The molecule has 6 nitrogen and oxygen atoms in total. The molecule has 2 amide bonds. The quantitative estimate of drug-likeness (QED) is 0.904. The number of primary amides is 1. The number of hydrogen-bond acceptors (Lipinski definition) is 4. The minimum absolute atomic E-state index is 0.0665. The van der Waals surface area contributed by atoms with Gasteiger partial charge >= 0.3 is 6.09 Å². The van der Waals surface area contributed by atoms with E-state index in [2.05, 4.69) is 0 Å². The van der Waals surface area contributed by atoms with Crippen molar-refractivity contribution in [3.8, 4) is 0 Å². The van der Waals surface area contributed by atoms with Gasteiger partial charge in [-0.2, -0.15) is 0 Å². The molecular formula is C16H19F2N3O3. The lowest BCUT2D eigenvalue weighted by molar-refractivity contribution is -0.221. The number of amides is 2. The largest absolute Gasteiger partial charge is 0.441 e. The molecule has 2 N–H and O–H groups in total. The van der Waals surface area contributed by atoms with Gasteiger partial charge in [0.1, 0.15) is 11.6 Å². The summed E-state index contributed by atoms with van der Waals surface area (Å²) in [6.45, 7) is 2.26. The van der Waals surface area contributed by atoms with Gasteiger partial charge in [0.25, 0.3) is 5.92 Å². The van der Waals surface area contributed by atoms with E-state index in [9.17, 15) is 18.4 Å². The minimum atomic E-state index is -2.89. The van der Waals surface area contributed by atoms with Crippen molar-refractivity contribution in [3.05, 3.63) is 30.3 Å². The number of carbonyl (C=O) groups excluding carboxylic acids is 2. The van der Waals surface area contributed by atoms with Crippen molar-refractivity contribution in [3.63, 3.8) is 0 Å². The molecule has 24 heavy (non-hydrogen) atoms. The standard InChI is InChI=1S/C16H19F2N3O3/c1-10-16(17,18)9-21(10)15(2,13(19)22)12-8-20(14(23)24-12)11-6-4-3-5-7-11/h3-7,10,12H,8-9H2,1-2H3,(H2,19,22)/t10?,12?,15-/m1/s1. The second kappa shape index (κ2) is 5.41. The van der Waals surface area contributed by atoms with Gasteiger partial charge in [-0.25, -0.2) is 13.6 Å². The zero-order valence-electron chi connectivity index (χ0n) is 13.4. The first-order valence-corrected chi connectivity index (χ1v) is 7.65. The maximum absolute atomic E-state index is 13.6. The molecule has 3 atom stereocenters. The summed E-state index contributed by atoms with van der Waals surface area (Å²) in [7, 11) is 0. The van der Waals surface area contributed by atoms with Crippen LogP contribution in [0.5, 0.6) is 0 Å². The number of carbonyl (C=O) groups is 2. The van der Waals surface area contributed by atoms with E-state index in [0.717, 1.165) is 0 Å². The van der Waals surface area contributed by atoms with Crippen molar-refractivity contribution in [2.45, 2.75) is 37.5 Å². The van der Waals surface area contributed by atoms with Crippen LogP contribution in [0.1, 0.15) is 13.8 Å². The molecule has 2 heterocycles. The molecule has 8 heteroatoms. The molecule has 2 saturated heterocycles. The van der Waals surface area contributed by atoms with Crippen molar-refractivity contribution in [2.24, 2.45) is 5.73 Å². The fourth-order valence-corrected chi connectivity index (χ4v) is 3.24.